The van der Waals surface area contributed by atoms with Crippen LogP contribution in [-0.2, 0) is 4.74 Å². The van der Waals surface area contributed by atoms with E-state index < -0.39 is 0 Å². The number of hydrogen-bond acceptors (Lipinski definition) is 2. The van der Waals surface area contributed by atoms with Crippen molar-refractivity contribution >= 4 is 0 Å². The zero-order chi connectivity index (χ0) is 12.0. The molecule has 0 saturated heterocycles. The highest BCUT2D eigenvalue weighted by Gasteiger charge is 2.27. The van der Waals surface area contributed by atoms with Crippen LogP contribution in [0.4, 0.5) is 0 Å². The smallest absolute Gasteiger partial charge is 0.0730 e. The van der Waals surface area contributed by atoms with Crippen LogP contribution in [0.5, 0.6) is 0 Å². The highest BCUT2D eigenvalue weighted by Crippen LogP contribution is 2.26. The first-order valence-electron chi connectivity index (χ1n) is 6.92. The van der Waals surface area contributed by atoms with Crippen LogP contribution in [0.2, 0.25) is 0 Å². The summed E-state index contributed by atoms with van der Waals surface area (Å²) >= 11 is 0. The van der Waals surface area contributed by atoms with Gasteiger partial charge in [0.2, 0.25) is 0 Å². The summed E-state index contributed by atoms with van der Waals surface area (Å²) in [6.45, 7) is 7.84. The summed E-state index contributed by atoms with van der Waals surface area (Å²) in [7, 11) is 2.06. The first-order valence-corrected chi connectivity index (χ1v) is 6.92. The topological polar surface area (TPSA) is 21.3 Å². The Morgan fingerprint density at radius 1 is 1.31 bits per heavy atom. The summed E-state index contributed by atoms with van der Waals surface area (Å²) in [6.07, 6.45) is 6.78. The van der Waals surface area contributed by atoms with Crippen molar-refractivity contribution in [1.82, 2.24) is 5.32 Å². The number of likely N-dealkylation sites (N-methyl/N-ethyl adjacent to an activating group) is 1. The molecule has 1 aliphatic carbocycles. The Hall–Kier alpha value is -0.0800. The number of ether oxygens (including phenoxy) is 1. The molecule has 1 rings (SSSR count). The van der Waals surface area contributed by atoms with E-state index >= 15 is 0 Å². The van der Waals surface area contributed by atoms with Gasteiger partial charge >= 0.3 is 0 Å². The number of hydrogen-bond donors (Lipinski definition) is 1. The molecule has 1 aliphatic rings. The molecule has 2 heteroatoms. The SMILES string of the molecule is CNC1CCC(C)CC1OCCCC(C)C. The summed E-state index contributed by atoms with van der Waals surface area (Å²) in [5.41, 5.74) is 0. The molecule has 16 heavy (non-hydrogen) atoms. The largest absolute Gasteiger partial charge is 0.377 e. The third kappa shape index (κ3) is 4.84. The molecule has 1 N–H and O–H groups in total. The van der Waals surface area contributed by atoms with Crippen LogP contribution in [0.3, 0.4) is 0 Å². The fourth-order valence-corrected chi connectivity index (χ4v) is 2.57. The summed E-state index contributed by atoms with van der Waals surface area (Å²) in [6, 6.07) is 0.579. The van der Waals surface area contributed by atoms with E-state index in [2.05, 4.69) is 33.1 Å². The molecule has 1 saturated carbocycles. The fraction of sp³-hybridized carbons (Fsp3) is 1.00. The Balaban J connectivity index is 2.21. The highest BCUT2D eigenvalue weighted by molar-refractivity contribution is 4.83. The van der Waals surface area contributed by atoms with Crippen molar-refractivity contribution in [2.45, 2.75) is 65.0 Å². The van der Waals surface area contributed by atoms with Gasteiger partial charge in [-0.15, -0.1) is 0 Å². The molecule has 0 amide bonds. The van der Waals surface area contributed by atoms with Gasteiger partial charge in [-0.05, 0) is 51.0 Å². The van der Waals surface area contributed by atoms with Crippen LogP contribution in [0, 0.1) is 11.8 Å². The average Bonchev–Trinajstić information content (AvgIpc) is 2.24. The van der Waals surface area contributed by atoms with Gasteiger partial charge in [-0.2, -0.15) is 0 Å². The predicted octanol–water partition coefficient (Wildman–Crippen LogP) is 3.22. The molecule has 0 aromatic carbocycles. The summed E-state index contributed by atoms with van der Waals surface area (Å²) in [4.78, 5) is 0. The van der Waals surface area contributed by atoms with Crippen molar-refractivity contribution in [2.75, 3.05) is 13.7 Å². The van der Waals surface area contributed by atoms with Crippen LogP contribution in [0.15, 0.2) is 0 Å². The van der Waals surface area contributed by atoms with E-state index in [0.717, 1.165) is 18.4 Å². The second-order valence-electron chi connectivity index (χ2n) is 5.76. The molecule has 0 spiro atoms. The Bertz CT molecular complexity index is 182. The lowest BCUT2D eigenvalue weighted by Crippen LogP contribution is -2.43. The van der Waals surface area contributed by atoms with Crippen molar-refractivity contribution in [3.63, 3.8) is 0 Å². The van der Waals surface area contributed by atoms with Crippen LogP contribution >= 0.6 is 0 Å². The molecule has 2 nitrogen and oxygen atoms in total. The second kappa shape index (κ2) is 7.29. The van der Waals surface area contributed by atoms with Crippen LogP contribution in [-0.4, -0.2) is 25.8 Å². The quantitative estimate of drug-likeness (QED) is 0.704. The maximum Gasteiger partial charge on any atom is 0.0730 e. The first-order chi connectivity index (χ1) is 7.63. The van der Waals surface area contributed by atoms with Gasteiger partial charge in [0.1, 0.15) is 0 Å². The molecular weight excluding hydrogens is 198 g/mol. The normalized spacial score (nSPS) is 30.9. The molecule has 0 radical (unpaired) electrons. The second-order valence-corrected chi connectivity index (χ2v) is 5.76. The van der Waals surface area contributed by atoms with Crippen molar-refractivity contribution in [3.8, 4) is 0 Å². The molecule has 1 fully saturated rings. The lowest BCUT2D eigenvalue weighted by Gasteiger charge is -2.34. The fourth-order valence-electron chi connectivity index (χ4n) is 2.57. The summed E-state index contributed by atoms with van der Waals surface area (Å²) < 4.78 is 6.04. The van der Waals surface area contributed by atoms with Gasteiger partial charge in [0.25, 0.3) is 0 Å². The van der Waals surface area contributed by atoms with Gasteiger partial charge in [0.05, 0.1) is 6.10 Å². The molecule has 0 aromatic heterocycles. The predicted molar refractivity (Wildman–Crippen MR) is 69.7 cm³/mol. The van der Waals surface area contributed by atoms with E-state index in [4.69, 9.17) is 4.74 Å². The van der Waals surface area contributed by atoms with Crippen LogP contribution in [0.25, 0.3) is 0 Å². The minimum Gasteiger partial charge on any atom is -0.377 e. The summed E-state index contributed by atoms with van der Waals surface area (Å²) in [5, 5.41) is 3.40. The van der Waals surface area contributed by atoms with Crippen molar-refractivity contribution < 1.29 is 4.74 Å². The standard InChI is InChI=1S/C14H29NO/c1-11(2)6-5-9-16-14-10-12(3)7-8-13(14)15-4/h11-15H,5-10H2,1-4H3. The van der Waals surface area contributed by atoms with Crippen molar-refractivity contribution in [3.05, 3.63) is 0 Å². The van der Waals surface area contributed by atoms with Crippen LogP contribution in [0.1, 0.15) is 52.9 Å². The van der Waals surface area contributed by atoms with E-state index in [1.807, 2.05) is 0 Å². The molecular formula is C14H29NO. The van der Waals surface area contributed by atoms with Gasteiger partial charge in [0, 0.05) is 12.6 Å². The molecule has 3 atom stereocenters. The lowest BCUT2D eigenvalue weighted by molar-refractivity contribution is -0.00787. The molecule has 0 aromatic rings. The van der Waals surface area contributed by atoms with Gasteiger partial charge in [-0.25, -0.2) is 0 Å². The van der Waals surface area contributed by atoms with Gasteiger partial charge in [0.15, 0.2) is 0 Å². The Morgan fingerprint density at radius 2 is 2.06 bits per heavy atom. The number of nitrogens with one attached hydrogen (secondary N) is 1. The average molecular weight is 227 g/mol. The van der Waals surface area contributed by atoms with Gasteiger partial charge < -0.3 is 10.1 Å². The lowest BCUT2D eigenvalue weighted by atomic mass is 9.85. The maximum absolute atomic E-state index is 6.04. The van der Waals surface area contributed by atoms with Crippen LogP contribution < -0.4 is 5.32 Å². The van der Waals surface area contributed by atoms with Crippen molar-refractivity contribution in [1.29, 1.82) is 0 Å². The minimum atomic E-state index is 0.445. The molecule has 96 valence electrons. The molecule has 3 unspecified atom stereocenters. The molecule has 0 bridgehead atoms. The third-order valence-corrected chi connectivity index (χ3v) is 3.68. The highest BCUT2D eigenvalue weighted by atomic mass is 16.5. The van der Waals surface area contributed by atoms with Gasteiger partial charge in [-0.3, -0.25) is 0 Å². The van der Waals surface area contributed by atoms with E-state index in [0.29, 0.717) is 12.1 Å². The van der Waals surface area contributed by atoms with Crippen molar-refractivity contribution in [2.24, 2.45) is 11.8 Å². The Labute approximate surface area is 101 Å². The molecule has 0 aliphatic heterocycles. The van der Waals surface area contributed by atoms with Gasteiger partial charge in [-0.1, -0.05) is 20.8 Å². The molecule has 0 heterocycles. The van der Waals surface area contributed by atoms with E-state index in [9.17, 15) is 0 Å². The maximum atomic E-state index is 6.04. The minimum absolute atomic E-state index is 0.445. The zero-order valence-corrected chi connectivity index (χ0v) is 11.5. The third-order valence-electron chi connectivity index (χ3n) is 3.68. The first kappa shape index (κ1) is 14.0. The Morgan fingerprint density at radius 3 is 2.69 bits per heavy atom. The van der Waals surface area contributed by atoms with E-state index in [1.165, 1.54) is 32.1 Å². The number of rotatable bonds is 6. The Kier molecular flexibility index (Phi) is 6.37. The van der Waals surface area contributed by atoms with E-state index in [-0.39, 0.29) is 0 Å². The summed E-state index contributed by atoms with van der Waals surface area (Å²) in [5.74, 6) is 1.63. The zero-order valence-electron chi connectivity index (χ0n) is 11.5. The monoisotopic (exact) mass is 227 g/mol. The van der Waals surface area contributed by atoms with E-state index in [1.54, 1.807) is 0 Å².